The average Bonchev–Trinajstić information content (AvgIpc) is 2.87. The molecule has 1 rings (SSSR count). The van der Waals surface area contributed by atoms with Crippen molar-refractivity contribution in [1.29, 1.82) is 0 Å². The fourth-order valence-electron chi connectivity index (χ4n) is 4.63. The lowest BCUT2D eigenvalue weighted by Crippen LogP contribution is -2.45. The van der Waals surface area contributed by atoms with Crippen molar-refractivity contribution in [3.05, 3.63) is 0 Å². The molecule has 28 heavy (non-hydrogen) atoms. The first-order valence-electron chi connectivity index (χ1n) is 11.1. The zero-order valence-electron chi connectivity index (χ0n) is 20.0. The molecule has 0 bridgehead atoms. The van der Waals surface area contributed by atoms with E-state index in [1.807, 2.05) is 41.5 Å². The van der Waals surface area contributed by atoms with Crippen LogP contribution in [0.1, 0.15) is 82.1 Å². The summed E-state index contributed by atoms with van der Waals surface area (Å²) in [5, 5.41) is 0. The minimum atomic E-state index is -1.35. The molecule has 0 heterocycles. The standard InChI is InChI=1S/C23H44O4Si/c1-11-28(12-2,13-3)16-18-15-23(14-17(18)4,19(24)26-21(5,6)7)20(25)27-22(8,9)10/h17-18H,11-16H2,1-10H3/t17-,18+/m1/s1. The lowest BCUT2D eigenvalue weighted by Gasteiger charge is -2.34. The summed E-state index contributed by atoms with van der Waals surface area (Å²) < 4.78 is 11.5. The second-order valence-corrected chi connectivity index (χ2v) is 16.5. The van der Waals surface area contributed by atoms with Crippen molar-refractivity contribution in [3.8, 4) is 0 Å². The predicted molar refractivity (Wildman–Crippen MR) is 118 cm³/mol. The van der Waals surface area contributed by atoms with Gasteiger partial charge in [0.05, 0.1) is 8.07 Å². The van der Waals surface area contributed by atoms with Gasteiger partial charge in [-0.15, -0.1) is 0 Å². The van der Waals surface area contributed by atoms with E-state index in [2.05, 4.69) is 27.7 Å². The molecule has 0 radical (unpaired) electrons. The summed E-state index contributed by atoms with van der Waals surface area (Å²) >= 11 is 0. The number of carbonyl (C=O) groups is 2. The van der Waals surface area contributed by atoms with Crippen LogP contribution in [-0.2, 0) is 19.1 Å². The average molecular weight is 413 g/mol. The van der Waals surface area contributed by atoms with Gasteiger partial charge in [0.25, 0.3) is 0 Å². The lowest BCUT2D eigenvalue weighted by molar-refractivity contribution is -0.185. The van der Waals surface area contributed by atoms with Gasteiger partial charge in [-0.25, -0.2) is 0 Å². The molecule has 0 aromatic rings. The molecule has 1 aliphatic rings. The van der Waals surface area contributed by atoms with E-state index in [1.165, 1.54) is 24.2 Å². The first-order chi connectivity index (χ1) is 12.6. The van der Waals surface area contributed by atoms with Gasteiger partial charge in [-0.05, 0) is 66.2 Å². The fourth-order valence-corrected chi connectivity index (χ4v) is 8.65. The van der Waals surface area contributed by atoms with Crippen LogP contribution in [0.5, 0.6) is 0 Å². The first-order valence-corrected chi connectivity index (χ1v) is 13.9. The van der Waals surface area contributed by atoms with Crippen LogP contribution in [0, 0.1) is 17.3 Å². The van der Waals surface area contributed by atoms with Crippen LogP contribution in [-0.4, -0.2) is 31.2 Å². The quantitative estimate of drug-likeness (QED) is 0.283. The highest BCUT2D eigenvalue weighted by Gasteiger charge is 2.58. The van der Waals surface area contributed by atoms with Crippen molar-refractivity contribution in [2.45, 2.75) is 117 Å². The largest absolute Gasteiger partial charge is 0.459 e. The molecule has 1 fully saturated rings. The maximum absolute atomic E-state index is 13.3. The van der Waals surface area contributed by atoms with E-state index in [9.17, 15) is 9.59 Å². The Morgan fingerprint density at radius 1 is 0.857 bits per heavy atom. The van der Waals surface area contributed by atoms with Crippen molar-refractivity contribution < 1.29 is 19.1 Å². The Bertz CT molecular complexity index is 516. The summed E-state index contributed by atoms with van der Waals surface area (Å²) in [7, 11) is -1.35. The van der Waals surface area contributed by atoms with Gasteiger partial charge in [-0.2, -0.15) is 0 Å². The molecule has 0 aromatic heterocycles. The molecule has 1 saturated carbocycles. The van der Waals surface area contributed by atoms with Crippen LogP contribution in [0.15, 0.2) is 0 Å². The van der Waals surface area contributed by atoms with E-state index in [0.29, 0.717) is 24.7 Å². The third-order valence-electron chi connectivity index (χ3n) is 6.61. The van der Waals surface area contributed by atoms with Gasteiger partial charge in [-0.1, -0.05) is 51.9 Å². The van der Waals surface area contributed by atoms with Crippen LogP contribution >= 0.6 is 0 Å². The Labute approximate surface area is 174 Å². The van der Waals surface area contributed by atoms with Crippen molar-refractivity contribution >= 4 is 20.0 Å². The molecular weight excluding hydrogens is 368 g/mol. The Hall–Kier alpha value is -0.843. The van der Waals surface area contributed by atoms with Gasteiger partial charge >= 0.3 is 11.9 Å². The third-order valence-corrected chi connectivity index (χ3v) is 12.5. The molecule has 0 spiro atoms. The van der Waals surface area contributed by atoms with Crippen LogP contribution in [0.3, 0.4) is 0 Å². The van der Waals surface area contributed by atoms with Gasteiger partial charge in [-0.3, -0.25) is 9.59 Å². The third kappa shape index (κ3) is 6.08. The van der Waals surface area contributed by atoms with Gasteiger partial charge in [0.15, 0.2) is 5.41 Å². The van der Waals surface area contributed by atoms with E-state index < -0.39 is 36.6 Å². The normalized spacial score (nSPS) is 22.8. The van der Waals surface area contributed by atoms with E-state index >= 15 is 0 Å². The summed E-state index contributed by atoms with van der Waals surface area (Å²) in [6.07, 6.45) is 1.09. The van der Waals surface area contributed by atoms with E-state index in [1.54, 1.807) is 0 Å². The zero-order chi connectivity index (χ0) is 22.0. The molecule has 0 unspecified atom stereocenters. The molecule has 2 atom stereocenters. The fraction of sp³-hybridized carbons (Fsp3) is 0.913. The Morgan fingerprint density at radius 2 is 1.25 bits per heavy atom. The van der Waals surface area contributed by atoms with Gasteiger partial charge in [0.1, 0.15) is 11.2 Å². The number of hydrogen-bond acceptors (Lipinski definition) is 4. The summed E-state index contributed by atoms with van der Waals surface area (Å²) in [4.78, 5) is 26.5. The van der Waals surface area contributed by atoms with Crippen molar-refractivity contribution in [3.63, 3.8) is 0 Å². The maximum atomic E-state index is 13.3. The predicted octanol–water partition coefficient (Wildman–Crippen LogP) is 6.21. The Morgan fingerprint density at radius 3 is 1.57 bits per heavy atom. The maximum Gasteiger partial charge on any atom is 0.324 e. The number of esters is 2. The molecule has 164 valence electrons. The summed E-state index contributed by atoms with van der Waals surface area (Å²) in [5.41, 5.74) is -2.41. The van der Waals surface area contributed by atoms with E-state index in [0.717, 1.165) is 0 Å². The number of rotatable bonds is 7. The summed E-state index contributed by atoms with van der Waals surface area (Å²) in [6, 6.07) is 4.96. The molecule has 5 heteroatoms. The molecule has 0 aliphatic heterocycles. The minimum Gasteiger partial charge on any atom is -0.459 e. The molecule has 1 aliphatic carbocycles. The minimum absolute atomic E-state index is 0.316. The molecular formula is C23H44O4Si. The second kappa shape index (κ2) is 8.89. The highest BCUT2D eigenvalue weighted by molar-refractivity contribution is 6.79. The molecule has 4 nitrogen and oxygen atoms in total. The number of ether oxygens (including phenoxy) is 2. The van der Waals surface area contributed by atoms with Crippen LogP contribution in [0.4, 0.5) is 0 Å². The summed E-state index contributed by atoms with van der Waals surface area (Å²) in [5.74, 6) is -0.108. The zero-order valence-corrected chi connectivity index (χ0v) is 21.0. The van der Waals surface area contributed by atoms with Crippen molar-refractivity contribution in [1.82, 2.24) is 0 Å². The Balaban J connectivity index is 3.23. The summed E-state index contributed by atoms with van der Waals surface area (Å²) in [6.45, 7) is 20.3. The van der Waals surface area contributed by atoms with E-state index in [4.69, 9.17) is 9.47 Å². The Kier molecular flexibility index (Phi) is 8.00. The topological polar surface area (TPSA) is 52.6 Å². The number of carbonyl (C=O) groups excluding carboxylic acids is 2. The number of hydrogen-bond donors (Lipinski definition) is 0. The van der Waals surface area contributed by atoms with Crippen LogP contribution in [0.25, 0.3) is 0 Å². The molecule has 0 N–H and O–H groups in total. The first kappa shape index (κ1) is 25.2. The van der Waals surface area contributed by atoms with E-state index in [-0.39, 0.29) is 0 Å². The van der Waals surface area contributed by atoms with Gasteiger partial charge in [0.2, 0.25) is 0 Å². The lowest BCUT2D eigenvalue weighted by atomic mass is 9.84. The molecule has 0 saturated heterocycles. The SMILES string of the molecule is CC[Si](CC)(CC)C[C@@H]1CC(C(=O)OC(C)(C)C)(C(=O)OC(C)(C)C)C[C@H]1C. The smallest absolute Gasteiger partial charge is 0.324 e. The highest BCUT2D eigenvalue weighted by atomic mass is 28.3. The monoisotopic (exact) mass is 412 g/mol. The van der Waals surface area contributed by atoms with Crippen molar-refractivity contribution in [2.24, 2.45) is 17.3 Å². The van der Waals surface area contributed by atoms with Crippen LogP contribution in [0.2, 0.25) is 24.2 Å². The molecule has 0 aromatic carbocycles. The second-order valence-electron chi connectivity index (χ2n) is 11.0. The van der Waals surface area contributed by atoms with Crippen LogP contribution < -0.4 is 0 Å². The van der Waals surface area contributed by atoms with Gasteiger partial charge < -0.3 is 9.47 Å². The highest BCUT2D eigenvalue weighted by Crippen LogP contribution is 2.52. The van der Waals surface area contributed by atoms with Crippen molar-refractivity contribution in [2.75, 3.05) is 0 Å². The molecule has 0 amide bonds. The van der Waals surface area contributed by atoms with Gasteiger partial charge in [0, 0.05) is 0 Å².